The zero-order chi connectivity index (χ0) is 42.2. The smallest absolute Gasteiger partial charge is 0.418 e. The van der Waals surface area contributed by atoms with E-state index in [0.29, 0.717) is 77.3 Å². The molecule has 2 aliphatic carbocycles. The summed E-state index contributed by atoms with van der Waals surface area (Å²) in [5, 5.41) is 6.01. The van der Waals surface area contributed by atoms with Crippen molar-refractivity contribution >= 4 is 36.4 Å². The number of aliphatic imine (C=N–C) groups is 2. The Bertz CT molecular complexity index is 1310. The number of ether oxygens (including phenoxy) is 2. The molecule has 2 N–H and O–H groups in total. The average molecular weight is 791 g/mol. The third kappa shape index (κ3) is 16.7. The Kier molecular flexibility index (Phi) is 19.1. The summed E-state index contributed by atoms with van der Waals surface area (Å²) in [5.41, 5.74) is -1.77. The van der Waals surface area contributed by atoms with Gasteiger partial charge in [-0.1, -0.05) is 54.4 Å². The van der Waals surface area contributed by atoms with Gasteiger partial charge in [-0.25, -0.2) is 38.6 Å². The van der Waals surface area contributed by atoms with Crippen molar-refractivity contribution in [2.45, 2.75) is 143 Å². The highest BCUT2D eigenvalue weighted by Crippen LogP contribution is 2.44. The molecule has 2 rings (SSSR count). The van der Waals surface area contributed by atoms with Gasteiger partial charge in [0, 0.05) is 38.3 Å². The summed E-state index contributed by atoms with van der Waals surface area (Å²) < 4.78 is 11.0. The Morgan fingerprint density at radius 3 is 1.29 bits per heavy atom. The van der Waals surface area contributed by atoms with Crippen LogP contribution in [-0.2, 0) is 19.1 Å². The molecule has 0 heterocycles. The van der Waals surface area contributed by atoms with Gasteiger partial charge in [0.1, 0.15) is 13.2 Å². The predicted molar refractivity (Wildman–Crippen MR) is 214 cm³/mol. The SMILES string of the molecule is CCN(C)CCOC(=O)N(CCCCCCN(C(=O)NC1CC(C)(C)CC(C)(N=C=O)C1)C(=O)OCCN(C)CC)C(=O)NC1CC(C)(C)CC(C)(N=C=O)C1. The Morgan fingerprint density at radius 2 is 0.964 bits per heavy atom. The highest BCUT2D eigenvalue weighted by molar-refractivity contribution is 5.91. The molecular weight excluding hydrogens is 720 g/mol. The van der Waals surface area contributed by atoms with Crippen molar-refractivity contribution < 1.29 is 38.2 Å². The minimum Gasteiger partial charge on any atom is -0.448 e. The Hall–Kier alpha value is -3.84. The molecule has 0 spiro atoms. The quantitative estimate of drug-likeness (QED) is 0.0882. The van der Waals surface area contributed by atoms with Crippen molar-refractivity contribution in [3.05, 3.63) is 0 Å². The maximum absolute atomic E-state index is 13.6. The van der Waals surface area contributed by atoms with Crippen LogP contribution in [-0.4, -0.2) is 146 Å². The van der Waals surface area contributed by atoms with E-state index in [4.69, 9.17) is 9.47 Å². The third-order valence-corrected chi connectivity index (χ3v) is 10.9. The number of likely N-dealkylation sites (N-methyl/N-ethyl adjacent to an activating group) is 2. The zero-order valence-corrected chi connectivity index (χ0v) is 35.8. The van der Waals surface area contributed by atoms with Crippen LogP contribution >= 0.6 is 0 Å². The summed E-state index contributed by atoms with van der Waals surface area (Å²) in [4.78, 5) is 90.5. The van der Waals surface area contributed by atoms with Crippen molar-refractivity contribution in [2.24, 2.45) is 20.8 Å². The number of unbranched alkanes of at least 4 members (excludes halogenated alkanes) is 3. The van der Waals surface area contributed by atoms with Crippen LogP contribution in [0.4, 0.5) is 19.2 Å². The number of carbonyl (C=O) groups excluding carboxylic acids is 6. The molecule has 2 saturated carbocycles. The molecule has 4 unspecified atom stereocenters. The maximum atomic E-state index is 13.6. The second-order valence-electron chi connectivity index (χ2n) is 17.9. The summed E-state index contributed by atoms with van der Waals surface area (Å²) in [6.07, 6.45) is 7.53. The van der Waals surface area contributed by atoms with E-state index in [-0.39, 0.29) is 49.2 Å². The molecule has 0 radical (unpaired) electrons. The van der Waals surface area contributed by atoms with Gasteiger partial charge in [0.25, 0.3) is 0 Å². The molecule has 0 aromatic heterocycles. The standard InChI is InChI=1S/C40H70N8O8/c1-11-45(9)19-21-55-35(53)47(33(51)43-31-23-37(3,4)27-39(7,25-31)41-29-49)17-15-13-14-16-18-48(36(54)56-22-20-46(10)12-2)34(52)44-32-24-38(5,6)28-40(8,26-32)42-30-50/h31-32H,11-28H2,1-10H3,(H,43,51)(H,44,52). The number of urea groups is 2. The Morgan fingerprint density at radius 1 is 0.607 bits per heavy atom. The topological polar surface area (TPSA) is 183 Å². The molecule has 56 heavy (non-hydrogen) atoms. The fourth-order valence-corrected chi connectivity index (χ4v) is 8.49. The fraction of sp³-hybridized carbons (Fsp3) is 0.850. The van der Waals surface area contributed by atoms with Gasteiger partial charge >= 0.3 is 24.2 Å². The lowest BCUT2D eigenvalue weighted by Crippen LogP contribution is -2.53. The van der Waals surface area contributed by atoms with Crippen LogP contribution in [0.25, 0.3) is 0 Å². The molecule has 0 saturated heterocycles. The number of hydrogen-bond acceptors (Lipinski definition) is 12. The van der Waals surface area contributed by atoms with Crippen molar-refractivity contribution in [3.63, 3.8) is 0 Å². The predicted octanol–water partition coefficient (Wildman–Crippen LogP) is 6.09. The van der Waals surface area contributed by atoms with E-state index >= 15 is 0 Å². The highest BCUT2D eigenvalue weighted by Gasteiger charge is 2.44. The monoisotopic (exact) mass is 791 g/mol. The summed E-state index contributed by atoms with van der Waals surface area (Å²) in [6, 6.07) is -1.78. The van der Waals surface area contributed by atoms with E-state index in [9.17, 15) is 28.8 Å². The first-order valence-electron chi connectivity index (χ1n) is 20.2. The first-order chi connectivity index (χ1) is 26.2. The van der Waals surface area contributed by atoms with Crippen molar-refractivity contribution in [1.29, 1.82) is 0 Å². The van der Waals surface area contributed by atoms with Gasteiger partial charge in [-0.2, -0.15) is 9.98 Å². The number of carbonyl (C=O) groups is 4. The van der Waals surface area contributed by atoms with E-state index in [1.807, 2.05) is 51.6 Å². The lowest BCUT2D eigenvalue weighted by Gasteiger charge is -2.44. The number of nitrogens with zero attached hydrogens (tertiary/aromatic N) is 6. The van der Waals surface area contributed by atoms with Crippen LogP contribution < -0.4 is 10.6 Å². The fourth-order valence-electron chi connectivity index (χ4n) is 8.49. The van der Waals surface area contributed by atoms with E-state index in [1.54, 1.807) is 12.2 Å². The number of imide groups is 2. The lowest BCUT2D eigenvalue weighted by atomic mass is 9.67. The van der Waals surface area contributed by atoms with Crippen LogP contribution in [0.1, 0.15) is 120 Å². The summed E-state index contributed by atoms with van der Waals surface area (Å²) in [6.45, 7) is 19.0. The van der Waals surface area contributed by atoms with Gasteiger partial charge in [-0.15, -0.1) is 0 Å². The number of rotatable bonds is 19. The largest absolute Gasteiger partial charge is 0.448 e. The number of amides is 6. The minimum absolute atomic E-state index is 0.102. The molecule has 318 valence electrons. The van der Waals surface area contributed by atoms with E-state index in [1.165, 1.54) is 0 Å². The summed E-state index contributed by atoms with van der Waals surface area (Å²) in [5.74, 6) is 0. The zero-order valence-electron chi connectivity index (χ0n) is 35.8. The minimum atomic E-state index is -0.740. The van der Waals surface area contributed by atoms with Gasteiger partial charge in [-0.05, 0) is 103 Å². The van der Waals surface area contributed by atoms with E-state index in [0.717, 1.165) is 22.9 Å². The van der Waals surface area contributed by atoms with Gasteiger partial charge in [0.05, 0.1) is 11.1 Å². The summed E-state index contributed by atoms with van der Waals surface area (Å²) >= 11 is 0. The van der Waals surface area contributed by atoms with Gasteiger partial charge in [0.15, 0.2) is 0 Å². The average Bonchev–Trinajstić information content (AvgIpc) is 3.07. The molecule has 16 heteroatoms. The van der Waals surface area contributed by atoms with E-state index < -0.39 is 35.3 Å². The highest BCUT2D eigenvalue weighted by atomic mass is 16.6. The molecule has 2 aliphatic rings. The first kappa shape index (κ1) is 48.3. The van der Waals surface area contributed by atoms with Gasteiger partial charge < -0.3 is 29.9 Å². The van der Waals surface area contributed by atoms with Crippen LogP contribution in [0, 0.1) is 10.8 Å². The molecule has 0 aromatic carbocycles. The lowest BCUT2D eigenvalue weighted by molar-refractivity contribution is 0.0927. The van der Waals surface area contributed by atoms with E-state index in [2.05, 4.69) is 48.3 Å². The Labute approximate surface area is 334 Å². The molecule has 0 aliphatic heterocycles. The van der Waals surface area contributed by atoms with Crippen molar-refractivity contribution in [1.82, 2.24) is 30.2 Å². The second-order valence-corrected chi connectivity index (χ2v) is 17.9. The second kappa shape index (κ2) is 22.2. The number of hydrogen-bond donors (Lipinski definition) is 2. The van der Waals surface area contributed by atoms with Gasteiger partial charge in [-0.3, -0.25) is 0 Å². The van der Waals surface area contributed by atoms with Crippen LogP contribution in [0.3, 0.4) is 0 Å². The number of isocyanates is 2. The third-order valence-electron chi connectivity index (χ3n) is 10.9. The normalized spacial score (nSPS) is 23.9. The van der Waals surface area contributed by atoms with Crippen molar-refractivity contribution in [3.8, 4) is 0 Å². The molecule has 4 atom stereocenters. The summed E-state index contributed by atoms with van der Waals surface area (Å²) in [7, 11) is 3.82. The van der Waals surface area contributed by atoms with Crippen LogP contribution in [0.2, 0.25) is 0 Å². The molecule has 6 amide bonds. The van der Waals surface area contributed by atoms with Crippen LogP contribution in [0.15, 0.2) is 9.98 Å². The Balaban J connectivity index is 2.09. The first-order valence-corrected chi connectivity index (χ1v) is 20.2. The molecule has 2 fully saturated rings. The number of nitrogens with one attached hydrogen (secondary N) is 2. The molecule has 0 bridgehead atoms. The molecule has 16 nitrogen and oxygen atoms in total. The van der Waals surface area contributed by atoms with Crippen LogP contribution in [0.5, 0.6) is 0 Å². The molecular formula is C40H70N8O8. The molecule has 0 aromatic rings. The maximum Gasteiger partial charge on any atom is 0.418 e. The van der Waals surface area contributed by atoms with Gasteiger partial charge in [0.2, 0.25) is 12.2 Å². The van der Waals surface area contributed by atoms with Crippen molar-refractivity contribution in [2.75, 3.05) is 66.6 Å².